The van der Waals surface area contributed by atoms with Crippen molar-refractivity contribution in [3.8, 4) is 0 Å². The van der Waals surface area contributed by atoms with Gasteiger partial charge in [-0.2, -0.15) is 26.3 Å². The van der Waals surface area contributed by atoms with Crippen molar-refractivity contribution in [3.63, 3.8) is 0 Å². The second-order valence-corrected chi connectivity index (χ2v) is 6.16. The molecule has 0 unspecified atom stereocenters. The molecule has 1 aromatic rings. The third-order valence-electron chi connectivity index (χ3n) is 3.95. The Hall–Kier alpha value is -2.41. The number of halogens is 7. The molecule has 0 amide bonds. The number of hydrogen-bond donors (Lipinski definition) is 3. The zero-order valence-corrected chi connectivity index (χ0v) is 14.6. The number of hydrogen-bond acceptors (Lipinski definition) is 4. The Morgan fingerprint density at radius 3 is 1.76 bits per heavy atom. The molecular weight excluding hydrogens is 417 g/mol. The molecule has 0 saturated carbocycles. The van der Waals surface area contributed by atoms with Crippen LogP contribution in [0.3, 0.4) is 0 Å². The molecule has 2 aliphatic rings. The van der Waals surface area contributed by atoms with Crippen LogP contribution in [0.4, 0.5) is 30.7 Å². The Kier molecular flexibility index (Phi) is 8.38. The maximum atomic E-state index is 12.7. The van der Waals surface area contributed by atoms with E-state index in [2.05, 4.69) is 10.2 Å². The maximum Gasteiger partial charge on any atom is 0.490 e. The van der Waals surface area contributed by atoms with Crippen LogP contribution in [0.15, 0.2) is 24.3 Å². The number of rotatable bonds is 2. The van der Waals surface area contributed by atoms with Gasteiger partial charge in [-0.1, -0.05) is 12.1 Å². The van der Waals surface area contributed by atoms with Crippen LogP contribution in [-0.2, 0) is 16.1 Å². The molecule has 2 bridgehead atoms. The van der Waals surface area contributed by atoms with Gasteiger partial charge in [-0.3, -0.25) is 4.90 Å². The van der Waals surface area contributed by atoms with Crippen molar-refractivity contribution < 1.29 is 50.5 Å². The summed E-state index contributed by atoms with van der Waals surface area (Å²) < 4.78 is 76.2. The topological polar surface area (TPSA) is 89.9 Å². The van der Waals surface area contributed by atoms with Crippen molar-refractivity contribution in [1.82, 2.24) is 10.2 Å². The molecule has 0 radical (unpaired) electrons. The third-order valence-corrected chi connectivity index (χ3v) is 3.95. The van der Waals surface area contributed by atoms with Crippen LogP contribution in [0.25, 0.3) is 0 Å². The number of carboxylic acid groups (broad SMARTS) is 2. The lowest BCUT2D eigenvalue weighted by atomic mass is 10.2. The van der Waals surface area contributed by atoms with E-state index in [1.807, 2.05) is 12.1 Å². The monoisotopic (exact) mass is 434 g/mol. The average Bonchev–Trinajstić information content (AvgIpc) is 3.19. The van der Waals surface area contributed by atoms with Gasteiger partial charge in [0.05, 0.1) is 0 Å². The highest BCUT2D eigenvalue weighted by atomic mass is 19.4. The highest BCUT2D eigenvalue weighted by molar-refractivity contribution is 5.73. The van der Waals surface area contributed by atoms with Crippen LogP contribution < -0.4 is 5.32 Å². The van der Waals surface area contributed by atoms with Crippen molar-refractivity contribution in [2.45, 2.75) is 37.4 Å². The van der Waals surface area contributed by atoms with Crippen molar-refractivity contribution in [2.24, 2.45) is 0 Å². The molecule has 13 heteroatoms. The first kappa shape index (κ1) is 24.6. The van der Waals surface area contributed by atoms with E-state index in [0.717, 1.165) is 19.6 Å². The summed E-state index contributed by atoms with van der Waals surface area (Å²) in [6, 6.07) is 8.24. The number of carboxylic acids is 2. The summed E-state index contributed by atoms with van der Waals surface area (Å²) in [5, 5.41) is 17.7. The second-order valence-electron chi connectivity index (χ2n) is 6.16. The molecule has 2 heterocycles. The minimum atomic E-state index is -5.08. The van der Waals surface area contributed by atoms with Gasteiger partial charge in [0.15, 0.2) is 0 Å². The van der Waals surface area contributed by atoms with Crippen LogP contribution in [0.1, 0.15) is 12.0 Å². The Balaban J connectivity index is 0.000000255. The molecule has 164 valence electrons. The van der Waals surface area contributed by atoms with Gasteiger partial charge < -0.3 is 15.5 Å². The van der Waals surface area contributed by atoms with E-state index in [0.29, 0.717) is 12.1 Å². The summed E-state index contributed by atoms with van der Waals surface area (Å²) in [6.45, 7) is 3.22. The molecule has 29 heavy (non-hydrogen) atoms. The summed E-state index contributed by atoms with van der Waals surface area (Å²) in [5.41, 5.74) is 1.21. The molecule has 2 aliphatic heterocycles. The predicted molar refractivity (Wildman–Crippen MR) is 84.4 cm³/mol. The Morgan fingerprint density at radius 1 is 1.00 bits per heavy atom. The summed E-state index contributed by atoms with van der Waals surface area (Å²) in [5.74, 6) is -5.66. The van der Waals surface area contributed by atoms with Gasteiger partial charge in [0.1, 0.15) is 5.82 Å². The van der Waals surface area contributed by atoms with Gasteiger partial charge in [0, 0.05) is 31.7 Å². The summed E-state index contributed by atoms with van der Waals surface area (Å²) >= 11 is 0. The molecule has 3 N–H and O–H groups in total. The molecule has 1 aromatic carbocycles. The lowest BCUT2D eigenvalue weighted by Crippen LogP contribution is -2.42. The quantitative estimate of drug-likeness (QED) is 0.621. The Morgan fingerprint density at radius 2 is 1.45 bits per heavy atom. The first-order valence-electron chi connectivity index (χ1n) is 8.02. The highest BCUT2D eigenvalue weighted by Gasteiger charge is 2.39. The van der Waals surface area contributed by atoms with Gasteiger partial charge >= 0.3 is 24.3 Å². The smallest absolute Gasteiger partial charge is 0.475 e. The largest absolute Gasteiger partial charge is 0.490 e. The normalized spacial score (nSPS) is 20.9. The standard InChI is InChI=1S/C12H15FN2.2C2HF3O2/c13-10-3-1-9(2-4-10)7-15-8-11-5-12(15)6-14-11;2*3-2(4,5)1(6)7/h1-4,11-12,14H,5-8H2;2*(H,6,7)/t11-,12-;;/m0../s1. The molecular formula is C16H17F7N2O4. The summed E-state index contributed by atoms with van der Waals surface area (Å²) in [4.78, 5) is 20.3. The van der Waals surface area contributed by atoms with Crippen LogP contribution in [-0.4, -0.2) is 64.6 Å². The molecule has 0 aliphatic carbocycles. The Labute approximate surface area is 159 Å². The molecule has 3 rings (SSSR count). The summed E-state index contributed by atoms with van der Waals surface area (Å²) in [7, 11) is 0. The maximum absolute atomic E-state index is 12.7. The third kappa shape index (κ3) is 8.64. The molecule has 0 spiro atoms. The predicted octanol–water partition coefficient (Wildman–Crippen LogP) is 2.64. The highest BCUT2D eigenvalue weighted by Crippen LogP contribution is 2.24. The molecule has 6 nitrogen and oxygen atoms in total. The molecule has 0 aromatic heterocycles. The van der Waals surface area contributed by atoms with Gasteiger partial charge in [0.2, 0.25) is 0 Å². The van der Waals surface area contributed by atoms with Gasteiger partial charge in [0.25, 0.3) is 0 Å². The second kappa shape index (κ2) is 9.87. The van der Waals surface area contributed by atoms with Crippen LogP contribution in [0.2, 0.25) is 0 Å². The van der Waals surface area contributed by atoms with Gasteiger partial charge in [-0.25, -0.2) is 14.0 Å². The fourth-order valence-corrected chi connectivity index (χ4v) is 2.67. The first-order chi connectivity index (χ1) is 13.2. The zero-order chi connectivity index (χ0) is 22.4. The van der Waals surface area contributed by atoms with Crippen molar-refractivity contribution in [1.29, 1.82) is 0 Å². The Bertz CT molecular complexity index is 668. The fraction of sp³-hybridized carbons (Fsp3) is 0.500. The van der Waals surface area contributed by atoms with Gasteiger partial charge in [-0.05, 0) is 24.1 Å². The van der Waals surface area contributed by atoms with Crippen molar-refractivity contribution >= 4 is 11.9 Å². The van der Waals surface area contributed by atoms with E-state index in [-0.39, 0.29) is 5.82 Å². The molecule has 2 fully saturated rings. The number of aliphatic carboxylic acids is 2. The van der Waals surface area contributed by atoms with E-state index in [1.54, 1.807) is 12.1 Å². The van der Waals surface area contributed by atoms with E-state index in [9.17, 15) is 30.7 Å². The molecule has 2 atom stereocenters. The van der Waals surface area contributed by atoms with Crippen molar-refractivity contribution in [3.05, 3.63) is 35.6 Å². The van der Waals surface area contributed by atoms with E-state index < -0.39 is 24.3 Å². The SMILES string of the molecule is Fc1ccc(CN2C[C@@H]3C[C@H]2CN3)cc1.O=C(O)C(F)(F)F.O=C(O)C(F)(F)F. The number of likely N-dealkylation sites (tertiary alicyclic amines) is 1. The zero-order valence-electron chi connectivity index (χ0n) is 14.6. The number of piperazine rings is 1. The fourth-order valence-electron chi connectivity index (χ4n) is 2.67. The lowest BCUT2D eigenvalue weighted by molar-refractivity contribution is -0.193. The van der Waals surface area contributed by atoms with E-state index in [1.165, 1.54) is 12.0 Å². The lowest BCUT2D eigenvalue weighted by Gasteiger charge is -2.27. The number of nitrogens with one attached hydrogen (secondary N) is 1. The average molecular weight is 434 g/mol. The van der Waals surface area contributed by atoms with Gasteiger partial charge in [-0.15, -0.1) is 0 Å². The summed E-state index contributed by atoms with van der Waals surface area (Å²) in [6.07, 6.45) is -8.89. The van der Waals surface area contributed by atoms with E-state index in [4.69, 9.17) is 19.8 Å². The minimum absolute atomic E-state index is 0.150. The van der Waals surface area contributed by atoms with Crippen LogP contribution >= 0.6 is 0 Å². The minimum Gasteiger partial charge on any atom is -0.475 e. The first-order valence-corrected chi connectivity index (χ1v) is 8.02. The number of carbonyl (C=O) groups is 2. The van der Waals surface area contributed by atoms with Crippen molar-refractivity contribution in [2.75, 3.05) is 13.1 Å². The van der Waals surface area contributed by atoms with Crippen LogP contribution in [0.5, 0.6) is 0 Å². The number of fused-ring (bicyclic) bond motifs is 2. The number of benzene rings is 1. The number of nitrogens with zero attached hydrogens (tertiary/aromatic N) is 1. The number of alkyl halides is 6. The molecule has 2 saturated heterocycles. The van der Waals surface area contributed by atoms with E-state index >= 15 is 0 Å². The van der Waals surface area contributed by atoms with Crippen LogP contribution in [0, 0.1) is 5.82 Å².